The molecule has 0 aliphatic heterocycles. The molecule has 24 heavy (non-hydrogen) atoms. The second kappa shape index (κ2) is 7.35. The van der Waals surface area contributed by atoms with Crippen molar-refractivity contribution in [2.75, 3.05) is 0 Å². The fraction of sp³-hybridized carbons (Fsp3) is 0.176. The maximum absolute atomic E-state index is 11.8. The highest BCUT2D eigenvalue weighted by Gasteiger charge is 2.09. The molecule has 0 saturated carbocycles. The summed E-state index contributed by atoms with van der Waals surface area (Å²) in [6.07, 6.45) is 5.48. The molecule has 124 valence electrons. The first-order valence-corrected chi connectivity index (χ1v) is 8.41. The first-order chi connectivity index (χ1) is 11.6. The van der Waals surface area contributed by atoms with E-state index in [4.69, 9.17) is 0 Å². The van der Waals surface area contributed by atoms with E-state index in [1.165, 1.54) is 10.9 Å². The van der Waals surface area contributed by atoms with E-state index >= 15 is 0 Å². The van der Waals surface area contributed by atoms with Crippen LogP contribution in [0, 0.1) is 0 Å². The lowest BCUT2D eigenvalue weighted by molar-refractivity contribution is -0.121. The summed E-state index contributed by atoms with van der Waals surface area (Å²) in [7, 11) is 0. The lowest BCUT2D eigenvalue weighted by Crippen LogP contribution is -2.41. The highest BCUT2D eigenvalue weighted by Crippen LogP contribution is 2.19. The minimum atomic E-state index is -0.384. The Morgan fingerprint density at radius 1 is 1.08 bits per heavy atom. The van der Waals surface area contributed by atoms with E-state index in [0.717, 1.165) is 16.4 Å². The zero-order valence-electron chi connectivity index (χ0n) is 12.9. The molecule has 0 aliphatic rings. The number of H-pyrrole nitrogens is 2. The minimum Gasteiger partial charge on any atom is -0.361 e. The van der Waals surface area contributed by atoms with Gasteiger partial charge in [-0.1, -0.05) is 18.2 Å². The standard InChI is InChI=1S/C17H17BrN4O2/c18-12-8-15(20-10-12)17(24)22-21-16(23)7-3-4-11-9-19-14-6-2-1-5-13(11)14/h1-2,5-6,8-10,19-20H,3-4,7H2,(H,21,23)(H,22,24). The van der Waals surface area contributed by atoms with E-state index in [-0.39, 0.29) is 11.8 Å². The number of aromatic amines is 2. The van der Waals surface area contributed by atoms with Crippen LogP contribution in [0.2, 0.25) is 0 Å². The van der Waals surface area contributed by atoms with E-state index in [1.54, 1.807) is 12.3 Å². The van der Waals surface area contributed by atoms with Crippen molar-refractivity contribution in [1.82, 2.24) is 20.8 Å². The molecule has 3 aromatic rings. The van der Waals surface area contributed by atoms with Crippen molar-refractivity contribution >= 4 is 38.6 Å². The molecule has 4 N–H and O–H groups in total. The molecule has 7 heteroatoms. The average molecular weight is 389 g/mol. The van der Waals surface area contributed by atoms with Crippen LogP contribution < -0.4 is 10.9 Å². The lowest BCUT2D eigenvalue weighted by Gasteiger charge is -2.06. The van der Waals surface area contributed by atoms with E-state index in [1.807, 2.05) is 24.4 Å². The summed E-state index contributed by atoms with van der Waals surface area (Å²) in [6, 6.07) is 9.72. The van der Waals surface area contributed by atoms with Crippen molar-refractivity contribution < 1.29 is 9.59 Å². The van der Waals surface area contributed by atoms with Crippen LogP contribution in [0.1, 0.15) is 28.9 Å². The first kappa shape index (κ1) is 16.3. The summed E-state index contributed by atoms with van der Waals surface area (Å²) in [5.74, 6) is -0.598. The molecule has 6 nitrogen and oxygen atoms in total. The van der Waals surface area contributed by atoms with E-state index in [0.29, 0.717) is 18.5 Å². The second-order valence-corrected chi connectivity index (χ2v) is 6.36. The number of para-hydroxylation sites is 1. The Bertz CT molecular complexity index is 868. The number of nitrogens with one attached hydrogen (secondary N) is 4. The first-order valence-electron chi connectivity index (χ1n) is 7.61. The van der Waals surface area contributed by atoms with Crippen molar-refractivity contribution in [3.05, 3.63) is 58.5 Å². The zero-order chi connectivity index (χ0) is 16.9. The van der Waals surface area contributed by atoms with Gasteiger partial charge in [-0.05, 0) is 46.5 Å². The van der Waals surface area contributed by atoms with Gasteiger partial charge in [-0.2, -0.15) is 0 Å². The molecule has 3 rings (SSSR count). The topological polar surface area (TPSA) is 89.8 Å². The number of aryl methyl sites for hydroxylation is 1. The number of hydrazine groups is 1. The molecule has 0 atom stereocenters. The van der Waals surface area contributed by atoms with Crippen molar-refractivity contribution in [3.8, 4) is 0 Å². The molecule has 1 aromatic carbocycles. The zero-order valence-corrected chi connectivity index (χ0v) is 14.4. The summed E-state index contributed by atoms with van der Waals surface area (Å²) in [5.41, 5.74) is 7.48. The Labute approximate surface area is 147 Å². The van der Waals surface area contributed by atoms with Gasteiger partial charge in [-0.3, -0.25) is 20.4 Å². The molecule has 0 spiro atoms. The highest BCUT2D eigenvalue weighted by atomic mass is 79.9. The monoisotopic (exact) mass is 388 g/mol. The molecular weight excluding hydrogens is 372 g/mol. The van der Waals surface area contributed by atoms with Crippen LogP contribution in [-0.2, 0) is 11.2 Å². The molecule has 0 saturated heterocycles. The lowest BCUT2D eigenvalue weighted by atomic mass is 10.1. The van der Waals surface area contributed by atoms with Crippen LogP contribution >= 0.6 is 15.9 Å². The van der Waals surface area contributed by atoms with Gasteiger partial charge >= 0.3 is 0 Å². The Kier molecular flexibility index (Phi) is 5.00. The van der Waals surface area contributed by atoms with Crippen molar-refractivity contribution in [3.63, 3.8) is 0 Å². The van der Waals surface area contributed by atoms with Gasteiger partial charge in [-0.15, -0.1) is 0 Å². The van der Waals surface area contributed by atoms with Crippen molar-refractivity contribution in [2.24, 2.45) is 0 Å². The smallest absolute Gasteiger partial charge is 0.286 e. The fourth-order valence-corrected chi connectivity index (χ4v) is 2.88. The summed E-state index contributed by atoms with van der Waals surface area (Å²) >= 11 is 3.25. The van der Waals surface area contributed by atoms with Gasteiger partial charge in [0.15, 0.2) is 0 Å². The predicted octanol–water partition coefficient (Wildman–Crippen LogP) is 3.04. The normalized spacial score (nSPS) is 10.7. The highest BCUT2D eigenvalue weighted by molar-refractivity contribution is 9.10. The summed E-state index contributed by atoms with van der Waals surface area (Å²) in [5, 5.41) is 1.18. The number of amides is 2. The van der Waals surface area contributed by atoms with Gasteiger partial charge in [0.25, 0.3) is 5.91 Å². The summed E-state index contributed by atoms with van der Waals surface area (Å²) < 4.78 is 0.776. The van der Waals surface area contributed by atoms with Crippen molar-refractivity contribution in [2.45, 2.75) is 19.3 Å². The quantitative estimate of drug-likeness (QED) is 0.506. The number of carbonyl (C=O) groups is 2. The third kappa shape index (κ3) is 3.86. The largest absolute Gasteiger partial charge is 0.361 e. The number of aromatic nitrogens is 2. The molecule has 2 aromatic heterocycles. The number of fused-ring (bicyclic) bond motifs is 1. The van der Waals surface area contributed by atoms with E-state index < -0.39 is 0 Å². The van der Waals surface area contributed by atoms with Crippen LogP contribution in [0.4, 0.5) is 0 Å². The maximum atomic E-state index is 11.8. The van der Waals surface area contributed by atoms with Crippen LogP contribution in [0.3, 0.4) is 0 Å². The van der Waals surface area contributed by atoms with Gasteiger partial charge in [-0.25, -0.2) is 0 Å². The van der Waals surface area contributed by atoms with E-state index in [9.17, 15) is 9.59 Å². The third-order valence-electron chi connectivity index (χ3n) is 3.73. The molecule has 0 unspecified atom stereocenters. The number of halogens is 1. The molecule has 2 amide bonds. The Morgan fingerprint density at radius 2 is 1.92 bits per heavy atom. The average Bonchev–Trinajstić information content (AvgIpc) is 3.19. The Morgan fingerprint density at radius 3 is 2.71 bits per heavy atom. The molecule has 0 aliphatic carbocycles. The molecular formula is C17H17BrN4O2. The number of hydrogen-bond donors (Lipinski definition) is 4. The van der Waals surface area contributed by atoms with Gasteiger partial charge in [0.05, 0.1) is 0 Å². The summed E-state index contributed by atoms with van der Waals surface area (Å²) in [6.45, 7) is 0. The summed E-state index contributed by atoms with van der Waals surface area (Å²) in [4.78, 5) is 29.6. The van der Waals surface area contributed by atoms with Crippen LogP contribution in [0.15, 0.2) is 47.2 Å². The van der Waals surface area contributed by atoms with Gasteiger partial charge in [0, 0.05) is 34.2 Å². The van der Waals surface area contributed by atoms with Crippen LogP contribution in [-0.4, -0.2) is 21.8 Å². The van der Waals surface area contributed by atoms with Crippen molar-refractivity contribution in [1.29, 1.82) is 0 Å². The third-order valence-corrected chi connectivity index (χ3v) is 4.19. The minimum absolute atomic E-state index is 0.214. The van der Waals surface area contributed by atoms with Crippen LogP contribution in [0.5, 0.6) is 0 Å². The number of hydrogen-bond acceptors (Lipinski definition) is 2. The van der Waals surface area contributed by atoms with Gasteiger partial charge in [0.2, 0.25) is 5.91 Å². The SMILES string of the molecule is O=C(CCCc1c[nH]c2ccccc12)NNC(=O)c1cc(Br)c[nH]1. The molecule has 0 fully saturated rings. The maximum Gasteiger partial charge on any atom is 0.286 e. The number of rotatable bonds is 5. The van der Waals surface area contributed by atoms with Gasteiger partial charge < -0.3 is 9.97 Å². The Balaban J connectivity index is 1.43. The number of carbonyl (C=O) groups excluding carboxylic acids is 2. The molecule has 2 heterocycles. The van der Waals surface area contributed by atoms with E-state index in [2.05, 4.69) is 42.8 Å². The predicted molar refractivity (Wildman–Crippen MR) is 95.3 cm³/mol. The second-order valence-electron chi connectivity index (χ2n) is 5.45. The molecule has 0 radical (unpaired) electrons. The Hall–Kier alpha value is -2.54. The molecule has 0 bridgehead atoms. The van der Waals surface area contributed by atoms with Gasteiger partial charge in [0.1, 0.15) is 5.69 Å². The van der Waals surface area contributed by atoms with Crippen LogP contribution in [0.25, 0.3) is 10.9 Å². The fourth-order valence-electron chi connectivity index (χ4n) is 2.53. The number of benzene rings is 1.